The van der Waals surface area contributed by atoms with Gasteiger partial charge in [-0.05, 0) is 31.9 Å². The lowest BCUT2D eigenvalue weighted by atomic mass is 9.96. The first-order valence-electron chi connectivity index (χ1n) is 8.40. The van der Waals surface area contributed by atoms with E-state index in [-0.39, 0.29) is 11.8 Å². The van der Waals surface area contributed by atoms with Gasteiger partial charge in [-0.1, -0.05) is 23.5 Å². The average Bonchev–Trinajstić information content (AvgIpc) is 2.99. The van der Waals surface area contributed by atoms with Crippen LogP contribution in [0.3, 0.4) is 0 Å². The van der Waals surface area contributed by atoms with Gasteiger partial charge < -0.3 is 20.1 Å². The van der Waals surface area contributed by atoms with Gasteiger partial charge in [0.2, 0.25) is 0 Å². The molecule has 0 fully saturated rings. The Kier molecular flexibility index (Phi) is 5.43. The van der Waals surface area contributed by atoms with Gasteiger partial charge in [-0.15, -0.1) is 0 Å². The van der Waals surface area contributed by atoms with Crippen molar-refractivity contribution in [2.24, 2.45) is 5.92 Å². The SMILES string of the molecule is CCNc1nc(C)c(C(=O)NC[C@H]2COc3c(cccc3OC)C2)s1. The molecule has 0 spiro atoms. The van der Waals surface area contributed by atoms with E-state index in [1.807, 2.05) is 32.0 Å². The van der Waals surface area contributed by atoms with Crippen molar-refractivity contribution in [3.63, 3.8) is 0 Å². The molecular weight excluding hydrogens is 338 g/mol. The van der Waals surface area contributed by atoms with E-state index >= 15 is 0 Å². The van der Waals surface area contributed by atoms with Crippen molar-refractivity contribution in [2.75, 3.05) is 32.1 Å². The summed E-state index contributed by atoms with van der Waals surface area (Å²) in [5.74, 6) is 1.75. The summed E-state index contributed by atoms with van der Waals surface area (Å²) in [6.45, 7) is 5.79. The lowest BCUT2D eigenvalue weighted by Gasteiger charge is -2.26. The fourth-order valence-electron chi connectivity index (χ4n) is 2.90. The molecule has 3 rings (SSSR count). The molecule has 1 atom stereocenters. The van der Waals surface area contributed by atoms with Gasteiger partial charge >= 0.3 is 0 Å². The molecule has 2 aromatic rings. The Labute approximate surface area is 151 Å². The predicted octanol–water partition coefficient (Wildman–Crippen LogP) is 2.87. The number of hydrogen-bond acceptors (Lipinski definition) is 6. The van der Waals surface area contributed by atoms with Gasteiger partial charge in [-0.2, -0.15) is 0 Å². The molecule has 0 saturated carbocycles. The van der Waals surface area contributed by atoms with Crippen LogP contribution in [0.2, 0.25) is 0 Å². The fourth-order valence-corrected chi connectivity index (χ4v) is 3.85. The van der Waals surface area contributed by atoms with Gasteiger partial charge in [0.15, 0.2) is 16.6 Å². The molecule has 1 aromatic heterocycles. The first-order valence-corrected chi connectivity index (χ1v) is 9.22. The van der Waals surface area contributed by atoms with Crippen LogP contribution < -0.4 is 20.1 Å². The van der Waals surface area contributed by atoms with Crippen molar-refractivity contribution >= 4 is 22.4 Å². The third kappa shape index (κ3) is 3.87. The summed E-state index contributed by atoms with van der Waals surface area (Å²) in [4.78, 5) is 17.5. The lowest BCUT2D eigenvalue weighted by Crippen LogP contribution is -2.34. The van der Waals surface area contributed by atoms with Crippen LogP contribution in [0.1, 0.15) is 27.9 Å². The smallest absolute Gasteiger partial charge is 0.263 e. The summed E-state index contributed by atoms with van der Waals surface area (Å²) >= 11 is 1.39. The number of aryl methyl sites for hydroxylation is 1. The molecule has 25 heavy (non-hydrogen) atoms. The van der Waals surface area contributed by atoms with Crippen LogP contribution in [0.5, 0.6) is 11.5 Å². The largest absolute Gasteiger partial charge is 0.493 e. The van der Waals surface area contributed by atoms with Gasteiger partial charge in [0.25, 0.3) is 5.91 Å². The van der Waals surface area contributed by atoms with Crippen molar-refractivity contribution in [3.05, 3.63) is 34.3 Å². The molecule has 1 aliphatic heterocycles. The number of amides is 1. The van der Waals surface area contributed by atoms with Crippen LogP contribution in [0.15, 0.2) is 18.2 Å². The fraction of sp³-hybridized carbons (Fsp3) is 0.444. The molecule has 134 valence electrons. The zero-order chi connectivity index (χ0) is 17.8. The van der Waals surface area contributed by atoms with Crippen molar-refractivity contribution < 1.29 is 14.3 Å². The highest BCUT2D eigenvalue weighted by molar-refractivity contribution is 7.17. The summed E-state index contributed by atoms with van der Waals surface area (Å²) in [5.41, 5.74) is 1.88. The maximum atomic E-state index is 12.4. The summed E-state index contributed by atoms with van der Waals surface area (Å²) in [5, 5.41) is 6.95. The van der Waals surface area contributed by atoms with Gasteiger partial charge in [-0.25, -0.2) is 4.98 Å². The van der Waals surface area contributed by atoms with Gasteiger partial charge in [0, 0.05) is 19.0 Å². The molecule has 1 aliphatic rings. The van der Waals surface area contributed by atoms with Crippen LogP contribution >= 0.6 is 11.3 Å². The minimum absolute atomic E-state index is 0.0735. The molecule has 0 bridgehead atoms. The molecule has 0 unspecified atom stereocenters. The second-order valence-electron chi connectivity index (χ2n) is 6.00. The van der Waals surface area contributed by atoms with Crippen LogP contribution in [-0.4, -0.2) is 37.7 Å². The second kappa shape index (κ2) is 7.74. The Hall–Kier alpha value is -2.28. The van der Waals surface area contributed by atoms with Gasteiger partial charge in [0.05, 0.1) is 19.4 Å². The van der Waals surface area contributed by atoms with Crippen molar-refractivity contribution in [2.45, 2.75) is 20.3 Å². The number of thiazole rings is 1. The Morgan fingerprint density at radius 3 is 3.08 bits per heavy atom. The summed E-state index contributed by atoms with van der Waals surface area (Å²) in [6, 6.07) is 5.90. The van der Waals surface area contributed by atoms with E-state index in [2.05, 4.69) is 15.6 Å². The summed E-state index contributed by atoms with van der Waals surface area (Å²) < 4.78 is 11.2. The number of para-hydroxylation sites is 1. The van der Waals surface area contributed by atoms with Crippen molar-refractivity contribution in [1.29, 1.82) is 0 Å². The van der Waals surface area contributed by atoms with Crippen LogP contribution in [0.25, 0.3) is 0 Å². The van der Waals surface area contributed by atoms with E-state index in [4.69, 9.17) is 9.47 Å². The summed E-state index contributed by atoms with van der Waals surface area (Å²) in [7, 11) is 1.64. The number of nitrogens with zero attached hydrogens (tertiary/aromatic N) is 1. The number of anilines is 1. The Morgan fingerprint density at radius 1 is 1.48 bits per heavy atom. The number of carbonyl (C=O) groups excluding carboxylic acids is 1. The highest BCUT2D eigenvalue weighted by atomic mass is 32.1. The monoisotopic (exact) mass is 361 g/mol. The van der Waals surface area contributed by atoms with Crippen LogP contribution in [0, 0.1) is 12.8 Å². The number of benzene rings is 1. The maximum Gasteiger partial charge on any atom is 0.263 e. The lowest BCUT2D eigenvalue weighted by molar-refractivity contribution is 0.0941. The predicted molar refractivity (Wildman–Crippen MR) is 99.0 cm³/mol. The quantitative estimate of drug-likeness (QED) is 0.828. The molecule has 2 heterocycles. The average molecular weight is 361 g/mol. The van der Waals surface area contributed by atoms with E-state index in [1.165, 1.54) is 11.3 Å². The highest BCUT2D eigenvalue weighted by Crippen LogP contribution is 2.35. The third-order valence-corrected chi connectivity index (χ3v) is 5.25. The molecule has 1 amide bonds. The highest BCUT2D eigenvalue weighted by Gasteiger charge is 2.24. The molecule has 2 N–H and O–H groups in total. The number of nitrogens with one attached hydrogen (secondary N) is 2. The second-order valence-corrected chi connectivity index (χ2v) is 7.00. The van der Waals surface area contributed by atoms with Crippen molar-refractivity contribution in [1.82, 2.24) is 10.3 Å². The number of methoxy groups -OCH3 is 1. The zero-order valence-corrected chi connectivity index (χ0v) is 15.5. The molecule has 6 nitrogen and oxygen atoms in total. The standard InChI is InChI=1S/C18H23N3O3S/c1-4-19-18-21-11(2)16(25-18)17(22)20-9-12-8-13-6-5-7-14(23-3)15(13)24-10-12/h5-7,12H,4,8-10H2,1-3H3,(H,19,21)(H,20,22)/t12-/m0/s1. The molecule has 0 saturated heterocycles. The summed E-state index contributed by atoms with van der Waals surface area (Å²) in [6.07, 6.45) is 0.858. The first kappa shape index (κ1) is 17.5. The number of hydrogen-bond donors (Lipinski definition) is 2. The minimum atomic E-state index is -0.0735. The Morgan fingerprint density at radius 2 is 2.32 bits per heavy atom. The topological polar surface area (TPSA) is 72.5 Å². The number of ether oxygens (including phenoxy) is 2. The molecule has 1 aromatic carbocycles. The van der Waals surface area contributed by atoms with E-state index in [0.29, 0.717) is 18.0 Å². The first-order chi connectivity index (χ1) is 12.1. The van der Waals surface area contributed by atoms with Gasteiger partial charge in [-0.3, -0.25) is 4.79 Å². The normalized spacial score (nSPS) is 15.9. The van der Waals surface area contributed by atoms with E-state index in [9.17, 15) is 4.79 Å². The van der Waals surface area contributed by atoms with Gasteiger partial charge in [0.1, 0.15) is 4.88 Å². The number of aromatic nitrogens is 1. The maximum absolute atomic E-state index is 12.4. The molecular formula is C18H23N3O3S. The Bertz CT molecular complexity index is 760. The van der Waals surface area contributed by atoms with E-state index in [0.717, 1.165) is 40.9 Å². The number of fused-ring (bicyclic) bond motifs is 1. The molecule has 0 radical (unpaired) electrons. The van der Waals surface area contributed by atoms with E-state index in [1.54, 1.807) is 7.11 Å². The Balaban J connectivity index is 1.60. The molecule has 7 heteroatoms. The third-order valence-electron chi connectivity index (χ3n) is 4.13. The number of carbonyl (C=O) groups is 1. The minimum Gasteiger partial charge on any atom is -0.493 e. The van der Waals surface area contributed by atoms with Crippen molar-refractivity contribution in [3.8, 4) is 11.5 Å². The zero-order valence-electron chi connectivity index (χ0n) is 14.7. The van der Waals surface area contributed by atoms with Crippen LogP contribution in [0.4, 0.5) is 5.13 Å². The molecule has 0 aliphatic carbocycles. The van der Waals surface area contributed by atoms with E-state index < -0.39 is 0 Å². The van der Waals surface area contributed by atoms with Crippen LogP contribution in [-0.2, 0) is 6.42 Å². The number of rotatable bonds is 6.